The lowest BCUT2D eigenvalue weighted by molar-refractivity contribution is 0.754. The lowest BCUT2D eigenvalue weighted by atomic mass is 9.85. The van der Waals surface area contributed by atoms with E-state index in [0.717, 1.165) is 12.8 Å². The van der Waals surface area contributed by atoms with Crippen LogP contribution < -0.4 is 0 Å². The molecule has 0 saturated heterocycles. The van der Waals surface area contributed by atoms with Gasteiger partial charge in [-0.15, -0.1) is 0 Å². The number of benzene rings is 4. The Morgan fingerprint density at radius 3 is 1.33 bits per heavy atom. The van der Waals surface area contributed by atoms with E-state index in [1.807, 2.05) is 24.3 Å². The molecule has 4 aromatic carbocycles. The van der Waals surface area contributed by atoms with Crippen molar-refractivity contribution in [3.05, 3.63) is 131 Å². The van der Waals surface area contributed by atoms with Gasteiger partial charge >= 0.3 is 0 Å². The molecule has 4 rings (SSSR count). The molecule has 30 heavy (non-hydrogen) atoms. The summed E-state index contributed by atoms with van der Waals surface area (Å²) in [5.74, 6) is 0.856. The highest BCUT2D eigenvalue weighted by molar-refractivity contribution is 5.71. The molecular weight excluding hydrogens is 360 g/mol. The number of rotatable bonds is 7. The van der Waals surface area contributed by atoms with Gasteiger partial charge in [-0.3, -0.25) is 0 Å². The predicted molar refractivity (Wildman–Crippen MR) is 127 cm³/mol. The zero-order valence-electron chi connectivity index (χ0n) is 17.8. The summed E-state index contributed by atoms with van der Waals surface area (Å²) in [7, 11) is 0. The van der Waals surface area contributed by atoms with E-state index in [0.29, 0.717) is 11.8 Å². The van der Waals surface area contributed by atoms with Gasteiger partial charge in [0.15, 0.2) is 0 Å². The minimum atomic E-state index is 0.428. The molecule has 2 atom stereocenters. The lowest BCUT2D eigenvalue weighted by Crippen LogP contribution is -2.03. The molecule has 0 aliphatic heterocycles. The van der Waals surface area contributed by atoms with E-state index in [-0.39, 0.29) is 0 Å². The predicted octanol–water partition coefficient (Wildman–Crippen LogP) is 7.65. The van der Waals surface area contributed by atoms with Crippen LogP contribution in [-0.4, -0.2) is 0 Å². The van der Waals surface area contributed by atoms with Crippen molar-refractivity contribution in [2.24, 2.45) is 0 Å². The third-order valence-electron chi connectivity index (χ3n) is 5.91. The summed E-state index contributed by atoms with van der Waals surface area (Å²) in [6, 6.07) is 41.2. The Balaban J connectivity index is 1.64. The van der Waals surface area contributed by atoms with Crippen molar-refractivity contribution >= 4 is 0 Å². The average Bonchev–Trinajstić information content (AvgIpc) is 2.81. The quantitative estimate of drug-likeness (QED) is 0.305. The molecule has 0 N–H and O–H groups in total. The highest BCUT2D eigenvalue weighted by Crippen LogP contribution is 2.33. The monoisotopic (exact) mass is 388 g/mol. The van der Waals surface area contributed by atoms with Gasteiger partial charge in [-0.2, -0.15) is 0 Å². The molecule has 4 aromatic rings. The molecule has 0 amide bonds. The van der Waals surface area contributed by atoms with Crippen LogP contribution in [0.4, 0.5) is 0 Å². The number of hydrogen-bond acceptors (Lipinski definition) is 0. The second-order valence-electron chi connectivity index (χ2n) is 8.16. The van der Waals surface area contributed by atoms with Gasteiger partial charge in [-0.1, -0.05) is 111 Å². The maximum absolute atomic E-state index is 3.40. The molecule has 0 heterocycles. The molecule has 0 aliphatic carbocycles. The van der Waals surface area contributed by atoms with Crippen molar-refractivity contribution in [1.82, 2.24) is 0 Å². The Kier molecular flexibility index (Phi) is 6.44. The third kappa shape index (κ3) is 4.71. The Labute approximate surface area is 181 Å². The van der Waals surface area contributed by atoms with Crippen molar-refractivity contribution in [2.75, 3.05) is 0 Å². The highest BCUT2D eigenvalue weighted by atomic mass is 14.2. The zero-order chi connectivity index (χ0) is 20.8. The highest BCUT2D eigenvalue weighted by Gasteiger charge is 2.15. The summed E-state index contributed by atoms with van der Waals surface area (Å²) in [5, 5.41) is 0. The molecule has 0 nitrogen and oxygen atoms in total. The summed E-state index contributed by atoms with van der Waals surface area (Å²) in [6.45, 7) is 4.59. The summed E-state index contributed by atoms with van der Waals surface area (Å²) in [5.41, 5.74) is 8.03. The van der Waals surface area contributed by atoms with Gasteiger partial charge in [-0.05, 0) is 70.2 Å². The summed E-state index contributed by atoms with van der Waals surface area (Å²) < 4.78 is 0. The summed E-state index contributed by atoms with van der Waals surface area (Å²) in [6.07, 6.45) is 2.01. The molecule has 148 valence electrons. The normalized spacial score (nSPS) is 13.0. The lowest BCUT2D eigenvalue weighted by Gasteiger charge is -2.19. The molecule has 0 fully saturated rings. The van der Waals surface area contributed by atoms with Crippen LogP contribution in [0.1, 0.15) is 47.9 Å². The Hall–Kier alpha value is -3.12. The van der Waals surface area contributed by atoms with Gasteiger partial charge in [-0.25, -0.2) is 0 Å². The Bertz CT molecular complexity index is 974. The summed E-state index contributed by atoms with van der Waals surface area (Å²) in [4.78, 5) is 0. The number of hydrogen-bond donors (Lipinski definition) is 0. The first kappa shape index (κ1) is 20.2. The first-order valence-electron chi connectivity index (χ1n) is 10.8. The van der Waals surface area contributed by atoms with E-state index in [4.69, 9.17) is 0 Å². The van der Waals surface area contributed by atoms with Crippen molar-refractivity contribution in [3.63, 3.8) is 0 Å². The SMILES string of the molecule is CC(Cc1ccccc1-c1ccccc1CC(C)c1[c]cccc1)c1[c]cccc1. The van der Waals surface area contributed by atoms with E-state index >= 15 is 0 Å². The minimum absolute atomic E-state index is 0.428. The van der Waals surface area contributed by atoms with Gasteiger partial charge in [0.1, 0.15) is 0 Å². The molecule has 0 aromatic heterocycles. The van der Waals surface area contributed by atoms with Crippen LogP contribution in [0, 0.1) is 12.1 Å². The fourth-order valence-corrected chi connectivity index (χ4v) is 4.23. The molecule has 2 unspecified atom stereocenters. The van der Waals surface area contributed by atoms with Crippen LogP contribution >= 0.6 is 0 Å². The second-order valence-corrected chi connectivity index (χ2v) is 8.16. The second kappa shape index (κ2) is 9.59. The van der Waals surface area contributed by atoms with Crippen LogP contribution in [0.25, 0.3) is 11.1 Å². The fraction of sp³-hybridized carbons (Fsp3) is 0.200. The largest absolute Gasteiger partial charge is 0.0620 e. The van der Waals surface area contributed by atoms with Crippen LogP contribution in [-0.2, 0) is 12.8 Å². The first-order chi connectivity index (χ1) is 14.7. The van der Waals surface area contributed by atoms with Crippen molar-refractivity contribution in [3.8, 4) is 11.1 Å². The maximum atomic E-state index is 3.40. The topological polar surface area (TPSA) is 0 Å². The van der Waals surface area contributed by atoms with E-state index in [2.05, 4.69) is 98.8 Å². The van der Waals surface area contributed by atoms with E-state index in [1.165, 1.54) is 33.4 Å². The van der Waals surface area contributed by atoms with Gasteiger partial charge < -0.3 is 0 Å². The Morgan fingerprint density at radius 2 is 0.933 bits per heavy atom. The summed E-state index contributed by atoms with van der Waals surface area (Å²) >= 11 is 0. The first-order valence-corrected chi connectivity index (χ1v) is 10.8. The van der Waals surface area contributed by atoms with Crippen molar-refractivity contribution in [2.45, 2.75) is 38.5 Å². The maximum Gasteiger partial charge on any atom is -0.0144 e. The van der Waals surface area contributed by atoms with E-state index in [9.17, 15) is 0 Å². The van der Waals surface area contributed by atoms with Gasteiger partial charge in [0.25, 0.3) is 0 Å². The third-order valence-corrected chi connectivity index (χ3v) is 5.91. The molecule has 0 bridgehead atoms. The van der Waals surface area contributed by atoms with Gasteiger partial charge in [0.2, 0.25) is 0 Å². The van der Waals surface area contributed by atoms with Gasteiger partial charge in [0.05, 0.1) is 0 Å². The molecule has 2 radical (unpaired) electrons. The molecule has 0 heteroatoms. The average molecular weight is 389 g/mol. The Morgan fingerprint density at radius 1 is 0.533 bits per heavy atom. The standard InChI is InChI=1S/C30H28/c1-23(25-13-5-3-6-14-25)21-27-17-9-11-19-29(27)30-20-12-10-18-28(30)22-24(2)26-15-7-4-8-16-26/h3-13,15,17-20,23-24H,21-22H2,1-2H3. The molecule has 0 saturated carbocycles. The van der Waals surface area contributed by atoms with Crippen LogP contribution in [0.15, 0.2) is 97.1 Å². The van der Waals surface area contributed by atoms with Crippen LogP contribution in [0.5, 0.6) is 0 Å². The van der Waals surface area contributed by atoms with Crippen LogP contribution in [0.2, 0.25) is 0 Å². The molecule has 0 aliphatic rings. The van der Waals surface area contributed by atoms with Crippen molar-refractivity contribution < 1.29 is 0 Å². The molecule has 0 spiro atoms. The van der Waals surface area contributed by atoms with Crippen molar-refractivity contribution in [1.29, 1.82) is 0 Å². The fourth-order valence-electron chi connectivity index (χ4n) is 4.23. The van der Waals surface area contributed by atoms with E-state index in [1.54, 1.807) is 0 Å². The van der Waals surface area contributed by atoms with Gasteiger partial charge in [0, 0.05) is 0 Å². The zero-order valence-corrected chi connectivity index (χ0v) is 17.8. The van der Waals surface area contributed by atoms with Crippen LogP contribution in [0.3, 0.4) is 0 Å². The van der Waals surface area contributed by atoms with E-state index < -0.39 is 0 Å². The smallest absolute Gasteiger partial charge is 0.0144 e. The minimum Gasteiger partial charge on any atom is -0.0620 e. The molecular formula is C30H28.